The fourth-order valence-corrected chi connectivity index (χ4v) is 2.05. The predicted molar refractivity (Wildman–Crippen MR) is 71.6 cm³/mol. The Morgan fingerprint density at radius 2 is 1.67 bits per heavy atom. The van der Waals surface area contributed by atoms with Gasteiger partial charge in [-0.25, -0.2) is 0 Å². The van der Waals surface area contributed by atoms with E-state index in [1.165, 1.54) is 0 Å². The van der Waals surface area contributed by atoms with E-state index in [1.54, 1.807) is 14.2 Å². The zero-order valence-corrected chi connectivity index (χ0v) is 11.0. The molecule has 0 aliphatic rings. The van der Waals surface area contributed by atoms with Crippen LogP contribution in [0.4, 0.5) is 0 Å². The summed E-state index contributed by atoms with van der Waals surface area (Å²) in [5, 5.41) is 1.65. The lowest BCUT2D eigenvalue weighted by Crippen LogP contribution is -1.94. The Morgan fingerprint density at radius 1 is 1.06 bits per heavy atom. The minimum absolute atomic E-state index is 0.228. The molecule has 0 unspecified atom stereocenters. The molecule has 0 heterocycles. The van der Waals surface area contributed by atoms with Crippen molar-refractivity contribution in [2.45, 2.75) is 6.42 Å². The third kappa shape index (κ3) is 2.57. The number of hydrogen-bond donors (Lipinski definition) is 0. The average molecular weight is 265 g/mol. The molecule has 3 nitrogen and oxygen atoms in total. The van der Waals surface area contributed by atoms with E-state index in [4.69, 9.17) is 21.1 Å². The van der Waals surface area contributed by atoms with Crippen molar-refractivity contribution >= 4 is 27.6 Å². The van der Waals surface area contributed by atoms with Crippen LogP contribution in [0.3, 0.4) is 0 Å². The largest absolute Gasteiger partial charge is 0.493 e. The second kappa shape index (κ2) is 5.27. The topological polar surface area (TPSA) is 35.5 Å². The van der Waals surface area contributed by atoms with Crippen LogP contribution in [0.5, 0.6) is 11.5 Å². The molecule has 0 aliphatic heterocycles. The van der Waals surface area contributed by atoms with Crippen LogP contribution >= 0.6 is 11.6 Å². The van der Waals surface area contributed by atoms with Gasteiger partial charge >= 0.3 is 0 Å². The summed E-state index contributed by atoms with van der Waals surface area (Å²) in [5.74, 6) is 1.35. The van der Waals surface area contributed by atoms with Gasteiger partial charge in [-0.15, -0.1) is 0 Å². The van der Waals surface area contributed by atoms with Gasteiger partial charge in [0.25, 0.3) is 0 Å². The van der Waals surface area contributed by atoms with Gasteiger partial charge in [-0.2, -0.15) is 0 Å². The van der Waals surface area contributed by atoms with Gasteiger partial charge < -0.3 is 9.47 Å². The number of halogens is 1. The molecule has 94 valence electrons. The van der Waals surface area contributed by atoms with Crippen LogP contribution in [-0.4, -0.2) is 19.5 Å². The number of carbonyl (C=O) groups is 1. The van der Waals surface area contributed by atoms with Crippen molar-refractivity contribution in [2.24, 2.45) is 0 Å². The summed E-state index contributed by atoms with van der Waals surface area (Å²) in [6, 6.07) is 9.54. The van der Waals surface area contributed by atoms with Gasteiger partial charge in [0.1, 0.15) is 0 Å². The molecule has 2 rings (SSSR count). The summed E-state index contributed by atoms with van der Waals surface area (Å²) < 4.78 is 10.5. The molecular formula is C14H13ClO3. The summed E-state index contributed by atoms with van der Waals surface area (Å²) in [4.78, 5) is 10.9. The summed E-state index contributed by atoms with van der Waals surface area (Å²) in [6.45, 7) is 0. The second-order valence-electron chi connectivity index (χ2n) is 3.92. The van der Waals surface area contributed by atoms with Gasteiger partial charge in [-0.1, -0.05) is 18.2 Å². The number of benzene rings is 2. The minimum atomic E-state index is -0.366. The number of carbonyl (C=O) groups excluding carboxylic acids is 1. The highest BCUT2D eigenvalue weighted by molar-refractivity contribution is 6.63. The molecular weight excluding hydrogens is 252 g/mol. The summed E-state index contributed by atoms with van der Waals surface area (Å²) >= 11 is 5.39. The Balaban J connectivity index is 2.52. The maximum atomic E-state index is 10.9. The molecule has 18 heavy (non-hydrogen) atoms. The standard InChI is InChI=1S/C14H13ClO3/c1-17-12-7-10-4-3-9(6-14(15)16)5-11(10)8-13(12)18-2/h3-5,7-8H,6H2,1-2H3. The van der Waals surface area contributed by atoms with Crippen molar-refractivity contribution < 1.29 is 14.3 Å². The van der Waals surface area contributed by atoms with Crippen LogP contribution in [0.2, 0.25) is 0 Å². The Kier molecular flexibility index (Phi) is 3.72. The first-order chi connectivity index (χ1) is 8.63. The van der Waals surface area contributed by atoms with Gasteiger partial charge in [-0.3, -0.25) is 4.79 Å². The third-order valence-electron chi connectivity index (χ3n) is 2.75. The summed E-state index contributed by atoms with van der Waals surface area (Å²) in [5.41, 5.74) is 0.884. The highest BCUT2D eigenvalue weighted by atomic mass is 35.5. The lowest BCUT2D eigenvalue weighted by atomic mass is 10.0. The lowest BCUT2D eigenvalue weighted by Gasteiger charge is -2.09. The molecule has 0 aromatic heterocycles. The van der Waals surface area contributed by atoms with Gasteiger partial charge in [0.15, 0.2) is 11.5 Å². The molecule has 0 spiro atoms. The number of hydrogen-bond acceptors (Lipinski definition) is 3. The first-order valence-corrected chi connectivity index (χ1v) is 5.85. The van der Waals surface area contributed by atoms with Gasteiger partial charge in [0.2, 0.25) is 5.24 Å². The molecule has 0 atom stereocenters. The van der Waals surface area contributed by atoms with Crippen LogP contribution in [0.1, 0.15) is 5.56 Å². The molecule has 0 saturated carbocycles. The minimum Gasteiger partial charge on any atom is -0.493 e. The van der Waals surface area contributed by atoms with Crippen LogP contribution in [0.25, 0.3) is 10.8 Å². The highest BCUT2D eigenvalue weighted by Gasteiger charge is 2.07. The van der Waals surface area contributed by atoms with Crippen LogP contribution < -0.4 is 9.47 Å². The van der Waals surface area contributed by atoms with E-state index in [-0.39, 0.29) is 11.7 Å². The van der Waals surface area contributed by atoms with Gasteiger partial charge in [-0.05, 0) is 40.1 Å². The van der Waals surface area contributed by atoms with Gasteiger partial charge in [0.05, 0.1) is 14.2 Å². The zero-order chi connectivity index (χ0) is 13.1. The van der Waals surface area contributed by atoms with Crippen LogP contribution in [-0.2, 0) is 11.2 Å². The van der Waals surface area contributed by atoms with Crippen molar-refractivity contribution in [1.29, 1.82) is 0 Å². The average Bonchev–Trinajstić information content (AvgIpc) is 2.36. The summed E-state index contributed by atoms with van der Waals surface area (Å²) in [7, 11) is 3.19. The SMILES string of the molecule is COc1cc2ccc(CC(=O)Cl)cc2cc1OC. The first-order valence-electron chi connectivity index (χ1n) is 5.47. The molecule has 0 N–H and O–H groups in total. The maximum Gasteiger partial charge on any atom is 0.226 e. The van der Waals surface area contributed by atoms with E-state index >= 15 is 0 Å². The van der Waals surface area contributed by atoms with Crippen LogP contribution in [0, 0.1) is 0 Å². The van der Waals surface area contributed by atoms with Crippen molar-refractivity contribution in [1.82, 2.24) is 0 Å². The number of rotatable bonds is 4. The molecule has 2 aromatic rings. The first kappa shape index (κ1) is 12.7. The Bertz CT molecular complexity index is 593. The lowest BCUT2D eigenvalue weighted by molar-refractivity contribution is -0.111. The van der Waals surface area contributed by atoms with Crippen molar-refractivity contribution in [3.8, 4) is 11.5 Å². The second-order valence-corrected chi connectivity index (χ2v) is 4.34. The summed E-state index contributed by atoms with van der Waals surface area (Å²) in [6.07, 6.45) is 0.228. The number of fused-ring (bicyclic) bond motifs is 1. The van der Waals surface area contributed by atoms with Crippen molar-refractivity contribution in [3.63, 3.8) is 0 Å². The van der Waals surface area contributed by atoms with Crippen molar-refractivity contribution in [2.75, 3.05) is 14.2 Å². The fourth-order valence-electron chi connectivity index (χ4n) is 1.89. The molecule has 0 saturated heterocycles. The number of ether oxygens (including phenoxy) is 2. The van der Waals surface area contributed by atoms with E-state index in [0.717, 1.165) is 16.3 Å². The van der Waals surface area contributed by atoms with Gasteiger partial charge in [0, 0.05) is 6.42 Å². The quantitative estimate of drug-likeness (QED) is 0.796. The Morgan fingerprint density at radius 3 is 2.22 bits per heavy atom. The maximum absolute atomic E-state index is 10.9. The van der Waals surface area contributed by atoms with E-state index in [9.17, 15) is 4.79 Å². The molecule has 2 aromatic carbocycles. The van der Waals surface area contributed by atoms with E-state index in [0.29, 0.717) is 11.5 Å². The third-order valence-corrected chi connectivity index (χ3v) is 2.88. The molecule has 0 bridgehead atoms. The van der Waals surface area contributed by atoms with E-state index in [2.05, 4.69) is 0 Å². The fraction of sp³-hybridized carbons (Fsp3) is 0.214. The monoisotopic (exact) mass is 264 g/mol. The Hall–Kier alpha value is -1.74. The Labute approximate surface area is 110 Å². The molecule has 0 fully saturated rings. The molecule has 0 aliphatic carbocycles. The van der Waals surface area contributed by atoms with E-state index < -0.39 is 0 Å². The molecule has 4 heteroatoms. The van der Waals surface area contributed by atoms with Crippen molar-refractivity contribution in [3.05, 3.63) is 35.9 Å². The number of methoxy groups -OCH3 is 2. The smallest absolute Gasteiger partial charge is 0.226 e. The predicted octanol–water partition coefficient (Wildman–Crippen LogP) is 3.16. The van der Waals surface area contributed by atoms with E-state index in [1.807, 2.05) is 30.3 Å². The normalized spacial score (nSPS) is 10.4. The zero-order valence-electron chi connectivity index (χ0n) is 10.2. The van der Waals surface area contributed by atoms with Crippen LogP contribution in [0.15, 0.2) is 30.3 Å². The molecule has 0 amide bonds. The molecule has 0 radical (unpaired) electrons. The highest BCUT2D eigenvalue weighted by Crippen LogP contribution is 2.32.